The quantitative estimate of drug-likeness (QED) is 0.696. The second kappa shape index (κ2) is 5.37. The Bertz CT molecular complexity index is 448. The highest BCUT2D eigenvalue weighted by Gasteiger charge is 2.33. The number of likely N-dealkylation sites (N-methyl/N-ethyl adjacent to an activating group) is 1. The molecule has 1 fully saturated rings. The van der Waals surface area contributed by atoms with Crippen LogP contribution in [0.25, 0.3) is 0 Å². The van der Waals surface area contributed by atoms with Crippen LogP contribution in [0, 0.1) is 12.8 Å². The van der Waals surface area contributed by atoms with E-state index in [2.05, 4.69) is 10.6 Å². The van der Waals surface area contributed by atoms with Gasteiger partial charge in [0.1, 0.15) is 5.75 Å². The molecule has 1 aliphatic rings. The van der Waals surface area contributed by atoms with Crippen LogP contribution in [0.1, 0.15) is 5.56 Å². The second-order valence-electron chi connectivity index (χ2n) is 4.55. The van der Waals surface area contributed by atoms with Crippen molar-refractivity contribution in [3.63, 3.8) is 0 Å². The lowest BCUT2D eigenvalue weighted by atomic mass is 10.0. The first-order valence-electron chi connectivity index (χ1n) is 5.97. The lowest BCUT2D eigenvalue weighted by Gasteiger charge is -2.17. The minimum Gasteiger partial charge on any atom is -0.506 e. The van der Waals surface area contributed by atoms with E-state index in [1.54, 1.807) is 18.2 Å². The molecular weight excluding hydrogens is 232 g/mol. The summed E-state index contributed by atoms with van der Waals surface area (Å²) < 4.78 is 5.29. The molecule has 5 heteroatoms. The third kappa shape index (κ3) is 2.63. The third-order valence-corrected chi connectivity index (χ3v) is 3.20. The van der Waals surface area contributed by atoms with Gasteiger partial charge in [-0.3, -0.25) is 4.79 Å². The molecule has 3 N–H and O–H groups in total. The van der Waals surface area contributed by atoms with Gasteiger partial charge in [0.2, 0.25) is 5.91 Å². The van der Waals surface area contributed by atoms with E-state index >= 15 is 0 Å². The van der Waals surface area contributed by atoms with E-state index in [1.165, 1.54) is 0 Å². The Hall–Kier alpha value is -1.59. The fraction of sp³-hybridized carbons (Fsp3) is 0.462. The Morgan fingerprint density at radius 3 is 2.94 bits per heavy atom. The zero-order chi connectivity index (χ0) is 13.1. The van der Waals surface area contributed by atoms with E-state index < -0.39 is 0 Å². The molecular formula is C13H18N2O3. The number of benzene rings is 1. The molecule has 0 bridgehead atoms. The summed E-state index contributed by atoms with van der Waals surface area (Å²) >= 11 is 0. The predicted octanol–water partition coefficient (Wildman–Crippen LogP) is 0.874. The van der Waals surface area contributed by atoms with Crippen molar-refractivity contribution in [2.75, 3.05) is 25.6 Å². The summed E-state index contributed by atoms with van der Waals surface area (Å²) in [4.78, 5) is 12.1. The average Bonchev–Trinajstić information content (AvgIpc) is 2.82. The molecule has 0 aromatic heterocycles. The molecule has 1 heterocycles. The Morgan fingerprint density at radius 2 is 2.22 bits per heavy atom. The highest BCUT2D eigenvalue weighted by Crippen LogP contribution is 2.25. The molecule has 1 aromatic rings. The summed E-state index contributed by atoms with van der Waals surface area (Å²) in [5.74, 6) is -0.281. The number of aromatic hydroxyl groups is 1. The van der Waals surface area contributed by atoms with E-state index in [9.17, 15) is 9.90 Å². The standard InChI is InChI=1S/C13H18N2O3/c1-8-3-4-12(16)10(5-8)15-13(17)9-6-18-7-11(9)14-2/h3-5,9,11,14,16H,6-7H2,1-2H3,(H,15,17). The number of carbonyl (C=O) groups excluding carboxylic acids is 1. The Labute approximate surface area is 106 Å². The van der Waals surface area contributed by atoms with Gasteiger partial charge >= 0.3 is 0 Å². The normalized spacial score (nSPS) is 23.0. The van der Waals surface area contributed by atoms with Crippen LogP contribution in [0.2, 0.25) is 0 Å². The number of amides is 1. The zero-order valence-electron chi connectivity index (χ0n) is 10.6. The minimum absolute atomic E-state index is 0.0250. The Morgan fingerprint density at radius 1 is 1.44 bits per heavy atom. The Kier molecular flexibility index (Phi) is 3.84. The van der Waals surface area contributed by atoms with Gasteiger partial charge in [-0.25, -0.2) is 0 Å². The van der Waals surface area contributed by atoms with Crippen molar-refractivity contribution < 1.29 is 14.6 Å². The number of phenols is 1. The summed E-state index contributed by atoms with van der Waals surface area (Å²) in [6, 6.07) is 5.14. The third-order valence-electron chi connectivity index (χ3n) is 3.20. The molecule has 2 unspecified atom stereocenters. The van der Waals surface area contributed by atoms with Gasteiger partial charge in [-0.2, -0.15) is 0 Å². The van der Waals surface area contributed by atoms with Crippen molar-refractivity contribution in [3.8, 4) is 5.75 Å². The van der Waals surface area contributed by atoms with Crippen molar-refractivity contribution in [2.24, 2.45) is 5.92 Å². The van der Waals surface area contributed by atoms with Crippen LogP contribution < -0.4 is 10.6 Å². The van der Waals surface area contributed by atoms with Gasteiger partial charge in [0.25, 0.3) is 0 Å². The first-order valence-corrected chi connectivity index (χ1v) is 5.97. The van der Waals surface area contributed by atoms with Gasteiger partial charge < -0.3 is 20.5 Å². The number of nitrogens with one attached hydrogen (secondary N) is 2. The molecule has 2 rings (SSSR count). The van der Waals surface area contributed by atoms with E-state index in [0.717, 1.165) is 5.56 Å². The van der Waals surface area contributed by atoms with Crippen molar-refractivity contribution in [1.29, 1.82) is 0 Å². The Balaban J connectivity index is 2.09. The lowest BCUT2D eigenvalue weighted by molar-refractivity contribution is -0.120. The van der Waals surface area contributed by atoms with Crippen molar-refractivity contribution in [3.05, 3.63) is 23.8 Å². The highest BCUT2D eigenvalue weighted by atomic mass is 16.5. The van der Waals surface area contributed by atoms with Crippen LogP contribution in [-0.4, -0.2) is 37.3 Å². The molecule has 1 aromatic carbocycles. The fourth-order valence-electron chi connectivity index (χ4n) is 2.07. The highest BCUT2D eigenvalue weighted by molar-refractivity contribution is 5.94. The van der Waals surface area contributed by atoms with Gasteiger partial charge in [0.05, 0.1) is 24.8 Å². The molecule has 18 heavy (non-hydrogen) atoms. The van der Waals surface area contributed by atoms with Gasteiger partial charge in [-0.15, -0.1) is 0 Å². The minimum atomic E-state index is -0.227. The molecule has 0 saturated carbocycles. The van der Waals surface area contributed by atoms with E-state index in [1.807, 2.05) is 14.0 Å². The van der Waals surface area contributed by atoms with Gasteiger partial charge in [0, 0.05) is 6.04 Å². The number of rotatable bonds is 3. The summed E-state index contributed by atoms with van der Waals surface area (Å²) in [6.45, 7) is 2.85. The first-order chi connectivity index (χ1) is 8.61. The number of ether oxygens (including phenoxy) is 1. The number of aryl methyl sites for hydroxylation is 1. The number of anilines is 1. The fourth-order valence-corrected chi connectivity index (χ4v) is 2.07. The molecule has 0 spiro atoms. The molecule has 0 aliphatic carbocycles. The van der Waals surface area contributed by atoms with Crippen LogP contribution in [-0.2, 0) is 9.53 Å². The zero-order valence-corrected chi connectivity index (χ0v) is 10.6. The molecule has 1 saturated heterocycles. The van der Waals surface area contributed by atoms with Crippen molar-refractivity contribution in [1.82, 2.24) is 5.32 Å². The number of carbonyl (C=O) groups is 1. The summed E-state index contributed by atoms with van der Waals surface area (Å²) in [5, 5.41) is 15.5. The SMILES string of the molecule is CNC1COCC1C(=O)Nc1cc(C)ccc1O. The summed E-state index contributed by atoms with van der Waals surface area (Å²) in [5.41, 5.74) is 1.43. The first kappa shape index (κ1) is 12.9. The van der Waals surface area contributed by atoms with Gasteiger partial charge in [-0.05, 0) is 31.7 Å². The van der Waals surface area contributed by atoms with Crippen LogP contribution in [0.4, 0.5) is 5.69 Å². The topological polar surface area (TPSA) is 70.6 Å². The summed E-state index contributed by atoms with van der Waals surface area (Å²) in [7, 11) is 1.81. The van der Waals surface area contributed by atoms with Crippen LogP contribution >= 0.6 is 0 Å². The maximum Gasteiger partial charge on any atom is 0.231 e. The van der Waals surface area contributed by atoms with E-state index in [0.29, 0.717) is 18.9 Å². The largest absolute Gasteiger partial charge is 0.506 e. The van der Waals surface area contributed by atoms with Crippen LogP contribution in [0.15, 0.2) is 18.2 Å². The van der Waals surface area contributed by atoms with Crippen LogP contribution in [0.5, 0.6) is 5.75 Å². The maximum absolute atomic E-state index is 12.1. The van der Waals surface area contributed by atoms with Gasteiger partial charge in [0.15, 0.2) is 0 Å². The molecule has 0 radical (unpaired) electrons. The predicted molar refractivity (Wildman–Crippen MR) is 68.6 cm³/mol. The monoisotopic (exact) mass is 250 g/mol. The van der Waals surface area contributed by atoms with Gasteiger partial charge in [-0.1, -0.05) is 6.07 Å². The molecule has 1 aliphatic heterocycles. The smallest absolute Gasteiger partial charge is 0.231 e. The number of hydrogen-bond acceptors (Lipinski definition) is 4. The van der Waals surface area contributed by atoms with Crippen molar-refractivity contribution >= 4 is 11.6 Å². The van der Waals surface area contributed by atoms with Crippen molar-refractivity contribution in [2.45, 2.75) is 13.0 Å². The molecule has 2 atom stereocenters. The molecule has 98 valence electrons. The van der Waals surface area contributed by atoms with E-state index in [4.69, 9.17) is 4.74 Å². The number of hydrogen-bond donors (Lipinski definition) is 3. The average molecular weight is 250 g/mol. The lowest BCUT2D eigenvalue weighted by Crippen LogP contribution is -2.39. The maximum atomic E-state index is 12.1. The molecule has 1 amide bonds. The number of phenolic OH excluding ortho intramolecular Hbond substituents is 1. The van der Waals surface area contributed by atoms with Crippen LogP contribution in [0.3, 0.4) is 0 Å². The van der Waals surface area contributed by atoms with E-state index in [-0.39, 0.29) is 23.6 Å². The molecule has 5 nitrogen and oxygen atoms in total. The second-order valence-corrected chi connectivity index (χ2v) is 4.55. The summed E-state index contributed by atoms with van der Waals surface area (Å²) in [6.07, 6.45) is 0.